The summed E-state index contributed by atoms with van der Waals surface area (Å²) in [5.41, 5.74) is 0. The highest BCUT2D eigenvalue weighted by atomic mass is 16.5. The molecule has 0 radical (unpaired) electrons. The second-order valence-corrected chi connectivity index (χ2v) is 4.74. The molecule has 1 saturated heterocycles. The van der Waals surface area contributed by atoms with Crippen LogP contribution in [-0.4, -0.2) is 25.3 Å². The molecule has 1 fully saturated rings. The minimum Gasteiger partial charge on any atom is -0.378 e. The van der Waals surface area contributed by atoms with E-state index in [2.05, 4.69) is 18.8 Å². The number of ether oxygens (including phenoxy) is 1. The molecule has 1 rings (SSSR count). The molecular formula is C14H27NO. The van der Waals surface area contributed by atoms with Gasteiger partial charge in [0.1, 0.15) is 0 Å². The Hall–Kier alpha value is -0.340. The predicted molar refractivity (Wildman–Crippen MR) is 69.7 cm³/mol. The van der Waals surface area contributed by atoms with E-state index in [1.165, 1.54) is 38.5 Å². The maximum absolute atomic E-state index is 5.76. The van der Waals surface area contributed by atoms with Crippen LogP contribution in [-0.2, 0) is 4.74 Å². The minimum atomic E-state index is 0.518. The summed E-state index contributed by atoms with van der Waals surface area (Å²) >= 11 is 0. The fourth-order valence-electron chi connectivity index (χ4n) is 2.28. The Morgan fingerprint density at radius 3 is 3.00 bits per heavy atom. The second kappa shape index (κ2) is 8.77. The molecule has 16 heavy (non-hydrogen) atoms. The molecule has 0 bridgehead atoms. The quantitative estimate of drug-likeness (QED) is 0.640. The van der Waals surface area contributed by atoms with Crippen molar-refractivity contribution in [1.29, 1.82) is 0 Å². The Kier molecular flexibility index (Phi) is 7.52. The van der Waals surface area contributed by atoms with E-state index in [9.17, 15) is 0 Å². The zero-order chi connectivity index (χ0) is 11.6. The van der Waals surface area contributed by atoms with Gasteiger partial charge in [-0.3, -0.25) is 0 Å². The lowest BCUT2D eigenvalue weighted by molar-refractivity contribution is 0.00863. The van der Waals surface area contributed by atoms with Crippen LogP contribution in [0.25, 0.3) is 0 Å². The van der Waals surface area contributed by atoms with Crippen LogP contribution >= 0.6 is 0 Å². The van der Waals surface area contributed by atoms with Crippen LogP contribution in [0.3, 0.4) is 0 Å². The monoisotopic (exact) mass is 225 g/mol. The smallest absolute Gasteiger partial charge is 0.0575 e. The lowest BCUT2D eigenvalue weighted by atomic mass is 10.00. The normalized spacial score (nSPS) is 22.9. The second-order valence-electron chi connectivity index (χ2n) is 4.74. The van der Waals surface area contributed by atoms with Crippen molar-refractivity contribution >= 4 is 0 Å². The molecule has 1 aliphatic heterocycles. The van der Waals surface area contributed by atoms with E-state index in [1.807, 2.05) is 6.08 Å². The van der Waals surface area contributed by atoms with Gasteiger partial charge >= 0.3 is 0 Å². The first kappa shape index (κ1) is 13.7. The zero-order valence-corrected chi connectivity index (χ0v) is 10.7. The Bertz CT molecular complexity index is 176. The van der Waals surface area contributed by atoms with Crippen molar-refractivity contribution < 1.29 is 4.74 Å². The molecule has 1 N–H and O–H groups in total. The number of rotatable bonds is 8. The third-order valence-corrected chi connectivity index (χ3v) is 3.25. The summed E-state index contributed by atoms with van der Waals surface area (Å²) < 4.78 is 5.76. The van der Waals surface area contributed by atoms with Gasteiger partial charge in [0, 0.05) is 12.6 Å². The van der Waals surface area contributed by atoms with Gasteiger partial charge in [0.2, 0.25) is 0 Å². The molecular weight excluding hydrogens is 198 g/mol. The standard InChI is InChI=1S/C14H27NO/c1-3-7-13(15-11-4-2)9-10-14-8-5-6-12-16-14/h3,13-15H,1,4-12H2,2H3. The third-order valence-electron chi connectivity index (χ3n) is 3.25. The van der Waals surface area contributed by atoms with Crippen molar-refractivity contribution in [3.05, 3.63) is 12.7 Å². The number of hydrogen-bond donors (Lipinski definition) is 1. The lowest BCUT2D eigenvalue weighted by Gasteiger charge is -2.25. The van der Waals surface area contributed by atoms with Gasteiger partial charge in [-0.15, -0.1) is 6.58 Å². The van der Waals surface area contributed by atoms with Gasteiger partial charge in [0.05, 0.1) is 6.10 Å². The molecule has 1 heterocycles. The van der Waals surface area contributed by atoms with E-state index in [0.717, 1.165) is 19.6 Å². The summed E-state index contributed by atoms with van der Waals surface area (Å²) in [7, 11) is 0. The maximum atomic E-state index is 5.76. The molecule has 2 heteroatoms. The molecule has 2 unspecified atom stereocenters. The van der Waals surface area contributed by atoms with Gasteiger partial charge in [0.15, 0.2) is 0 Å². The molecule has 94 valence electrons. The van der Waals surface area contributed by atoms with Gasteiger partial charge in [0.25, 0.3) is 0 Å². The molecule has 0 aromatic heterocycles. The first-order valence-electron chi connectivity index (χ1n) is 6.82. The molecule has 0 aromatic rings. The summed E-state index contributed by atoms with van der Waals surface area (Å²) in [6.07, 6.45) is 11.1. The highest BCUT2D eigenvalue weighted by Gasteiger charge is 2.15. The predicted octanol–water partition coefficient (Wildman–Crippen LogP) is 3.28. The van der Waals surface area contributed by atoms with E-state index in [-0.39, 0.29) is 0 Å². The highest BCUT2D eigenvalue weighted by Crippen LogP contribution is 2.18. The number of nitrogens with one attached hydrogen (secondary N) is 1. The maximum Gasteiger partial charge on any atom is 0.0575 e. The van der Waals surface area contributed by atoms with Gasteiger partial charge in [-0.2, -0.15) is 0 Å². The molecule has 0 aromatic carbocycles. The van der Waals surface area contributed by atoms with Crippen LogP contribution in [0, 0.1) is 0 Å². The molecule has 0 amide bonds. The van der Waals surface area contributed by atoms with Crippen LogP contribution in [0.1, 0.15) is 51.9 Å². The van der Waals surface area contributed by atoms with E-state index in [4.69, 9.17) is 4.74 Å². The Labute approximate surface area is 100 Å². The largest absolute Gasteiger partial charge is 0.378 e. The molecule has 0 spiro atoms. The van der Waals surface area contributed by atoms with Crippen LogP contribution in [0.5, 0.6) is 0 Å². The van der Waals surface area contributed by atoms with E-state index in [1.54, 1.807) is 0 Å². The average molecular weight is 225 g/mol. The molecule has 1 aliphatic rings. The summed E-state index contributed by atoms with van der Waals surface area (Å²) in [6, 6.07) is 0.600. The van der Waals surface area contributed by atoms with Crippen LogP contribution < -0.4 is 5.32 Å². The van der Waals surface area contributed by atoms with Crippen LogP contribution in [0.15, 0.2) is 12.7 Å². The average Bonchev–Trinajstić information content (AvgIpc) is 2.34. The van der Waals surface area contributed by atoms with Gasteiger partial charge in [-0.1, -0.05) is 13.0 Å². The van der Waals surface area contributed by atoms with Crippen molar-refractivity contribution in [3.8, 4) is 0 Å². The molecule has 0 aliphatic carbocycles. The summed E-state index contributed by atoms with van der Waals surface area (Å²) in [4.78, 5) is 0. The first-order valence-corrected chi connectivity index (χ1v) is 6.82. The minimum absolute atomic E-state index is 0.518. The van der Waals surface area contributed by atoms with Crippen molar-refractivity contribution in [2.45, 2.75) is 64.0 Å². The Balaban J connectivity index is 2.16. The van der Waals surface area contributed by atoms with Crippen molar-refractivity contribution in [3.63, 3.8) is 0 Å². The Morgan fingerprint density at radius 1 is 1.50 bits per heavy atom. The van der Waals surface area contributed by atoms with Gasteiger partial charge in [-0.05, 0) is 51.5 Å². The topological polar surface area (TPSA) is 21.3 Å². The van der Waals surface area contributed by atoms with Crippen LogP contribution in [0.4, 0.5) is 0 Å². The summed E-state index contributed by atoms with van der Waals surface area (Å²) in [5, 5.41) is 3.58. The van der Waals surface area contributed by atoms with E-state index < -0.39 is 0 Å². The van der Waals surface area contributed by atoms with Crippen LogP contribution in [0.2, 0.25) is 0 Å². The summed E-state index contributed by atoms with van der Waals surface area (Å²) in [6.45, 7) is 8.13. The van der Waals surface area contributed by atoms with Crippen molar-refractivity contribution in [2.24, 2.45) is 0 Å². The van der Waals surface area contributed by atoms with Gasteiger partial charge in [-0.25, -0.2) is 0 Å². The molecule has 2 atom stereocenters. The fraction of sp³-hybridized carbons (Fsp3) is 0.857. The Morgan fingerprint density at radius 2 is 2.38 bits per heavy atom. The third kappa shape index (κ3) is 5.66. The first-order chi connectivity index (χ1) is 7.86. The lowest BCUT2D eigenvalue weighted by Crippen LogP contribution is -2.31. The number of hydrogen-bond acceptors (Lipinski definition) is 2. The highest BCUT2D eigenvalue weighted by molar-refractivity contribution is 4.79. The van der Waals surface area contributed by atoms with Crippen molar-refractivity contribution in [1.82, 2.24) is 5.32 Å². The fourth-order valence-corrected chi connectivity index (χ4v) is 2.28. The zero-order valence-electron chi connectivity index (χ0n) is 10.7. The van der Waals surface area contributed by atoms with E-state index >= 15 is 0 Å². The van der Waals surface area contributed by atoms with Gasteiger partial charge < -0.3 is 10.1 Å². The summed E-state index contributed by atoms with van der Waals surface area (Å²) in [5.74, 6) is 0. The SMILES string of the molecule is C=CCC(CCC1CCCCO1)NCCC. The molecule has 0 saturated carbocycles. The van der Waals surface area contributed by atoms with E-state index in [0.29, 0.717) is 12.1 Å². The molecule has 2 nitrogen and oxygen atoms in total. The van der Waals surface area contributed by atoms with Crippen molar-refractivity contribution in [2.75, 3.05) is 13.2 Å².